The van der Waals surface area contributed by atoms with Crippen LogP contribution in [-0.2, 0) is 17.6 Å². The third-order valence-electron chi connectivity index (χ3n) is 4.56. The molecule has 2 N–H and O–H groups in total. The SMILES string of the molecule is O=C(Nc1cccc(F)c1)C1CCc2[nH]c3ccccc3c2C1. The van der Waals surface area contributed by atoms with E-state index < -0.39 is 0 Å². The first kappa shape index (κ1) is 14.0. The molecule has 0 spiro atoms. The Kier molecular flexibility index (Phi) is 3.37. The number of aryl methyl sites for hydroxylation is 1. The van der Waals surface area contributed by atoms with Gasteiger partial charge in [-0.1, -0.05) is 24.3 Å². The van der Waals surface area contributed by atoms with Gasteiger partial charge in [-0.25, -0.2) is 4.39 Å². The molecule has 1 amide bonds. The van der Waals surface area contributed by atoms with Crippen molar-refractivity contribution in [2.45, 2.75) is 19.3 Å². The zero-order valence-corrected chi connectivity index (χ0v) is 12.6. The van der Waals surface area contributed by atoms with Gasteiger partial charge in [0.15, 0.2) is 0 Å². The summed E-state index contributed by atoms with van der Waals surface area (Å²) in [6.07, 6.45) is 2.40. The third-order valence-corrected chi connectivity index (χ3v) is 4.56. The van der Waals surface area contributed by atoms with E-state index in [4.69, 9.17) is 0 Å². The molecule has 4 heteroatoms. The van der Waals surface area contributed by atoms with Crippen LogP contribution >= 0.6 is 0 Å². The summed E-state index contributed by atoms with van der Waals surface area (Å²) >= 11 is 0. The fraction of sp³-hybridized carbons (Fsp3) is 0.211. The summed E-state index contributed by atoms with van der Waals surface area (Å²) in [6, 6.07) is 14.2. The molecule has 3 aromatic rings. The van der Waals surface area contributed by atoms with Crippen LogP contribution in [0, 0.1) is 11.7 Å². The molecule has 0 aliphatic heterocycles. The molecular weight excluding hydrogens is 291 g/mol. The van der Waals surface area contributed by atoms with Crippen molar-refractivity contribution in [3.63, 3.8) is 0 Å². The minimum atomic E-state index is -0.342. The summed E-state index contributed by atoms with van der Waals surface area (Å²) in [5.41, 5.74) is 4.12. The van der Waals surface area contributed by atoms with Gasteiger partial charge in [-0.15, -0.1) is 0 Å². The molecule has 1 atom stereocenters. The molecule has 23 heavy (non-hydrogen) atoms. The number of aromatic nitrogens is 1. The summed E-state index contributed by atoms with van der Waals surface area (Å²) in [5.74, 6) is -0.457. The maximum atomic E-state index is 13.2. The van der Waals surface area contributed by atoms with Crippen molar-refractivity contribution < 1.29 is 9.18 Å². The topological polar surface area (TPSA) is 44.9 Å². The predicted octanol–water partition coefficient (Wildman–Crippen LogP) is 4.05. The Morgan fingerprint density at radius 1 is 1.17 bits per heavy atom. The maximum absolute atomic E-state index is 13.2. The monoisotopic (exact) mass is 308 g/mol. The van der Waals surface area contributed by atoms with Gasteiger partial charge in [0.25, 0.3) is 0 Å². The van der Waals surface area contributed by atoms with Crippen LogP contribution in [0.25, 0.3) is 10.9 Å². The summed E-state index contributed by atoms with van der Waals surface area (Å²) in [4.78, 5) is 16.0. The third kappa shape index (κ3) is 2.61. The highest BCUT2D eigenvalue weighted by molar-refractivity contribution is 5.94. The number of H-pyrrole nitrogens is 1. The number of benzene rings is 2. The number of carbonyl (C=O) groups excluding carboxylic acids is 1. The number of anilines is 1. The van der Waals surface area contributed by atoms with Crippen molar-refractivity contribution in [1.29, 1.82) is 0 Å². The number of amides is 1. The van der Waals surface area contributed by atoms with Crippen LogP contribution < -0.4 is 5.32 Å². The van der Waals surface area contributed by atoms with Crippen LogP contribution in [0.5, 0.6) is 0 Å². The largest absolute Gasteiger partial charge is 0.358 e. The summed E-state index contributed by atoms with van der Waals surface area (Å²) < 4.78 is 13.2. The van der Waals surface area contributed by atoms with Gasteiger partial charge in [0.2, 0.25) is 5.91 Å². The minimum absolute atomic E-state index is 0.0356. The highest BCUT2D eigenvalue weighted by atomic mass is 19.1. The fourth-order valence-corrected chi connectivity index (χ4v) is 3.40. The normalized spacial score (nSPS) is 17.0. The molecule has 0 saturated carbocycles. The first-order valence-electron chi connectivity index (χ1n) is 7.85. The first-order valence-corrected chi connectivity index (χ1v) is 7.85. The predicted molar refractivity (Wildman–Crippen MR) is 88.8 cm³/mol. The van der Waals surface area contributed by atoms with Crippen LogP contribution in [0.1, 0.15) is 17.7 Å². The lowest BCUT2D eigenvalue weighted by atomic mass is 9.86. The second kappa shape index (κ2) is 5.54. The number of aromatic amines is 1. The van der Waals surface area contributed by atoms with Crippen LogP contribution in [0.2, 0.25) is 0 Å². The molecule has 0 saturated heterocycles. The fourth-order valence-electron chi connectivity index (χ4n) is 3.40. The van der Waals surface area contributed by atoms with E-state index in [0.717, 1.165) is 24.8 Å². The van der Waals surface area contributed by atoms with Gasteiger partial charge in [0.05, 0.1) is 0 Å². The Balaban J connectivity index is 1.56. The molecule has 0 radical (unpaired) electrons. The molecule has 4 rings (SSSR count). The molecule has 2 aromatic carbocycles. The molecule has 1 aliphatic rings. The lowest BCUT2D eigenvalue weighted by molar-refractivity contribution is -0.120. The number of nitrogens with one attached hydrogen (secondary N) is 2. The van der Waals surface area contributed by atoms with E-state index in [9.17, 15) is 9.18 Å². The minimum Gasteiger partial charge on any atom is -0.358 e. The van der Waals surface area contributed by atoms with Crippen molar-refractivity contribution in [2.24, 2.45) is 5.92 Å². The van der Waals surface area contributed by atoms with E-state index in [1.54, 1.807) is 12.1 Å². The Bertz CT molecular complexity index is 884. The second-order valence-corrected chi connectivity index (χ2v) is 6.07. The van der Waals surface area contributed by atoms with Crippen molar-refractivity contribution in [3.8, 4) is 0 Å². The number of rotatable bonds is 2. The van der Waals surface area contributed by atoms with Gasteiger partial charge >= 0.3 is 0 Å². The molecule has 1 unspecified atom stereocenters. The Hall–Kier alpha value is -2.62. The number of hydrogen-bond acceptors (Lipinski definition) is 1. The van der Waals surface area contributed by atoms with Gasteiger partial charge < -0.3 is 10.3 Å². The highest BCUT2D eigenvalue weighted by Crippen LogP contribution is 2.32. The number of hydrogen-bond donors (Lipinski definition) is 2. The smallest absolute Gasteiger partial charge is 0.227 e. The molecular formula is C19H17FN2O. The standard InChI is InChI=1S/C19H17FN2O/c20-13-4-3-5-14(11-13)21-19(23)12-8-9-18-16(10-12)15-6-1-2-7-17(15)22-18/h1-7,11-12,22H,8-10H2,(H,21,23). The van der Waals surface area contributed by atoms with E-state index >= 15 is 0 Å². The number of para-hydroxylation sites is 1. The van der Waals surface area contributed by atoms with Crippen molar-refractivity contribution >= 4 is 22.5 Å². The zero-order chi connectivity index (χ0) is 15.8. The van der Waals surface area contributed by atoms with E-state index in [0.29, 0.717) is 5.69 Å². The lowest BCUT2D eigenvalue weighted by Crippen LogP contribution is -2.28. The van der Waals surface area contributed by atoms with E-state index in [1.807, 2.05) is 12.1 Å². The number of carbonyl (C=O) groups is 1. The molecule has 1 heterocycles. The van der Waals surface area contributed by atoms with Crippen molar-refractivity contribution in [1.82, 2.24) is 4.98 Å². The first-order chi connectivity index (χ1) is 11.2. The molecule has 3 nitrogen and oxygen atoms in total. The van der Waals surface area contributed by atoms with Gasteiger partial charge in [0, 0.05) is 28.2 Å². The number of halogens is 1. The Morgan fingerprint density at radius 2 is 2.04 bits per heavy atom. The van der Waals surface area contributed by atoms with E-state index in [2.05, 4.69) is 22.4 Å². The van der Waals surface area contributed by atoms with E-state index in [-0.39, 0.29) is 17.6 Å². The molecule has 1 aliphatic carbocycles. The zero-order valence-electron chi connectivity index (χ0n) is 12.6. The van der Waals surface area contributed by atoms with Crippen LogP contribution in [0.4, 0.5) is 10.1 Å². The highest BCUT2D eigenvalue weighted by Gasteiger charge is 2.27. The van der Waals surface area contributed by atoms with Gasteiger partial charge in [0.1, 0.15) is 5.82 Å². The molecule has 0 fully saturated rings. The number of fused-ring (bicyclic) bond motifs is 3. The summed E-state index contributed by atoms with van der Waals surface area (Å²) in [7, 11) is 0. The van der Waals surface area contributed by atoms with Crippen molar-refractivity contribution in [2.75, 3.05) is 5.32 Å². The van der Waals surface area contributed by atoms with Gasteiger partial charge in [-0.3, -0.25) is 4.79 Å². The van der Waals surface area contributed by atoms with Crippen LogP contribution in [-0.4, -0.2) is 10.9 Å². The van der Waals surface area contributed by atoms with Gasteiger partial charge in [-0.05, 0) is 49.1 Å². The Morgan fingerprint density at radius 3 is 2.91 bits per heavy atom. The summed E-state index contributed by atoms with van der Waals surface area (Å²) in [6.45, 7) is 0. The molecule has 0 bridgehead atoms. The Labute approximate surface area is 133 Å². The quantitative estimate of drug-likeness (QED) is 0.737. The lowest BCUT2D eigenvalue weighted by Gasteiger charge is -2.22. The molecule has 1 aromatic heterocycles. The maximum Gasteiger partial charge on any atom is 0.227 e. The average molecular weight is 308 g/mol. The van der Waals surface area contributed by atoms with Gasteiger partial charge in [-0.2, -0.15) is 0 Å². The second-order valence-electron chi connectivity index (χ2n) is 6.07. The van der Waals surface area contributed by atoms with Crippen LogP contribution in [0.15, 0.2) is 48.5 Å². The summed E-state index contributed by atoms with van der Waals surface area (Å²) in [5, 5.41) is 4.03. The van der Waals surface area contributed by atoms with Crippen molar-refractivity contribution in [3.05, 3.63) is 65.6 Å². The molecule has 116 valence electrons. The average Bonchev–Trinajstić information content (AvgIpc) is 2.92. The van der Waals surface area contributed by atoms with E-state index in [1.165, 1.54) is 28.8 Å². The van der Waals surface area contributed by atoms with Crippen LogP contribution in [0.3, 0.4) is 0 Å².